The van der Waals surface area contributed by atoms with Crippen LogP contribution in [0, 0.1) is 11.8 Å². The molecule has 19 heavy (non-hydrogen) atoms. The highest BCUT2D eigenvalue weighted by atomic mass is 15.0. The lowest BCUT2D eigenvalue weighted by molar-refractivity contribution is 0.142. The molecule has 0 aliphatic heterocycles. The fourth-order valence-electron chi connectivity index (χ4n) is 4.26. The molecule has 3 aliphatic carbocycles. The van der Waals surface area contributed by atoms with Crippen LogP contribution in [0.5, 0.6) is 0 Å². The Balaban J connectivity index is 1.80. The molecule has 1 aromatic heterocycles. The van der Waals surface area contributed by atoms with E-state index in [1.807, 2.05) is 7.05 Å². The first-order valence-corrected chi connectivity index (χ1v) is 7.63. The number of rotatable bonds is 4. The van der Waals surface area contributed by atoms with E-state index in [0.717, 1.165) is 18.7 Å². The Labute approximate surface area is 116 Å². The van der Waals surface area contributed by atoms with Crippen molar-refractivity contribution in [1.29, 1.82) is 0 Å². The Morgan fingerprint density at radius 3 is 3.05 bits per heavy atom. The van der Waals surface area contributed by atoms with Gasteiger partial charge >= 0.3 is 0 Å². The van der Waals surface area contributed by atoms with Crippen molar-refractivity contribution in [2.45, 2.75) is 63.8 Å². The standard InChI is InChI=1S/C16H25N3/c1-4-6-14-18-9-13(19-14)12-7-5-8-16(17-3)10-15(12,2)11-16/h9-10,12H,4-8,11H2,1-3H3,(H,18,19)/q-2. The summed E-state index contributed by atoms with van der Waals surface area (Å²) in [6.45, 7) is 4.60. The van der Waals surface area contributed by atoms with Crippen LogP contribution in [0.15, 0.2) is 6.20 Å². The second-order valence-corrected chi connectivity index (χ2v) is 6.63. The average Bonchev–Trinajstić information content (AvgIpc) is 2.68. The lowest BCUT2D eigenvalue weighted by atomic mass is 9.53. The normalized spacial score (nSPS) is 37.7. The van der Waals surface area contributed by atoms with Crippen LogP contribution >= 0.6 is 0 Å². The Kier molecular flexibility index (Phi) is 3.20. The smallest absolute Gasteiger partial charge is 0.106 e. The monoisotopic (exact) mass is 259 g/mol. The lowest BCUT2D eigenvalue weighted by Gasteiger charge is -2.75. The summed E-state index contributed by atoms with van der Waals surface area (Å²) in [5.74, 6) is 1.75. The molecular formula is C16H25N3-2. The zero-order valence-corrected chi connectivity index (χ0v) is 12.4. The largest absolute Gasteiger partial charge is 0.686 e. The molecule has 3 aliphatic rings. The predicted molar refractivity (Wildman–Crippen MR) is 78.2 cm³/mol. The number of fused-ring (bicyclic) bond motifs is 3. The first-order chi connectivity index (χ1) is 9.11. The van der Waals surface area contributed by atoms with E-state index in [2.05, 4.69) is 41.7 Å². The van der Waals surface area contributed by atoms with Crippen LogP contribution < -0.4 is 0 Å². The molecule has 3 saturated carbocycles. The summed E-state index contributed by atoms with van der Waals surface area (Å²) >= 11 is 0. The van der Waals surface area contributed by atoms with Crippen molar-refractivity contribution in [3.05, 3.63) is 29.5 Å². The molecule has 1 heterocycles. The highest BCUT2D eigenvalue weighted by Crippen LogP contribution is 2.63. The molecule has 0 spiro atoms. The molecular weight excluding hydrogens is 234 g/mol. The highest BCUT2D eigenvalue weighted by molar-refractivity contribution is 5.35. The third-order valence-electron chi connectivity index (χ3n) is 5.14. The van der Waals surface area contributed by atoms with Gasteiger partial charge < -0.3 is 16.7 Å². The number of nitrogens with zero attached hydrogens (tertiary/aromatic N) is 2. The quantitative estimate of drug-likeness (QED) is 0.816. The van der Waals surface area contributed by atoms with Gasteiger partial charge in [0.1, 0.15) is 5.82 Å². The summed E-state index contributed by atoms with van der Waals surface area (Å²) in [5, 5.41) is 4.63. The summed E-state index contributed by atoms with van der Waals surface area (Å²) in [7, 11) is 1.98. The van der Waals surface area contributed by atoms with Crippen LogP contribution in [0.2, 0.25) is 0 Å². The van der Waals surface area contributed by atoms with Gasteiger partial charge in [-0.2, -0.15) is 12.5 Å². The molecule has 4 rings (SSSR count). The Hall–Kier alpha value is -0.830. The molecule has 0 aromatic carbocycles. The van der Waals surface area contributed by atoms with Crippen LogP contribution in [-0.4, -0.2) is 22.6 Å². The molecule has 2 bridgehead atoms. The van der Waals surface area contributed by atoms with Crippen molar-refractivity contribution in [3.8, 4) is 0 Å². The number of hydrogen-bond acceptors (Lipinski definition) is 1. The third-order valence-corrected chi connectivity index (χ3v) is 5.14. The average molecular weight is 259 g/mol. The lowest BCUT2D eigenvalue weighted by Crippen LogP contribution is -2.51. The first-order valence-electron chi connectivity index (χ1n) is 7.63. The van der Waals surface area contributed by atoms with Crippen molar-refractivity contribution in [3.63, 3.8) is 0 Å². The van der Waals surface area contributed by atoms with E-state index in [0.29, 0.717) is 11.3 Å². The van der Waals surface area contributed by atoms with Gasteiger partial charge in [-0.15, -0.1) is 6.42 Å². The maximum Gasteiger partial charge on any atom is 0.106 e. The summed E-state index contributed by atoms with van der Waals surface area (Å²) in [6.07, 6.45) is 11.8. The predicted octanol–water partition coefficient (Wildman–Crippen LogP) is 3.99. The van der Waals surface area contributed by atoms with Crippen molar-refractivity contribution in [2.75, 3.05) is 7.05 Å². The van der Waals surface area contributed by atoms with Gasteiger partial charge in [0.15, 0.2) is 0 Å². The number of hydrogen-bond donors (Lipinski definition) is 1. The maximum absolute atomic E-state index is 4.63. The molecule has 0 amide bonds. The van der Waals surface area contributed by atoms with Crippen molar-refractivity contribution < 1.29 is 0 Å². The number of aromatic nitrogens is 2. The molecule has 3 fully saturated rings. The van der Waals surface area contributed by atoms with Gasteiger partial charge in [0.2, 0.25) is 0 Å². The number of nitrogens with one attached hydrogen (secondary N) is 1. The molecule has 3 nitrogen and oxygen atoms in total. The van der Waals surface area contributed by atoms with Gasteiger partial charge in [0, 0.05) is 18.3 Å². The van der Waals surface area contributed by atoms with E-state index in [1.165, 1.54) is 31.4 Å². The molecule has 0 saturated heterocycles. The topological polar surface area (TPSA) is 42.8 Å². The third kappa shape index (κ3) is 2.12. The van der Waals surface area contributed by atoms with Gasteiger partial charge in [0.25, 0.3) is 0 Å². The van der Waals surface area contributed by atoms with E-state index >= 15 is 0 Å². The Bertz CT molecular complexity index is 443. The molecule has 106 valence electrons. The van der Waals surface area contributed by atoms with Crippen molar-refractivity contribution >= 4 is 0 Å². The van der Waals surface area contributed by atoms with Crippen LogP contribution in [0.25, 0.3) is 5.32 Å². The molecule has 1 N–H and O–H groups in total. The number of aryl methyl sites for hydroxylation is 1. The summed E-state index contributed by atoms with van der Waals surface area (Å²) in [4.78, 5) is 8.10. The molecule has 0 radical (unpaired) electrons. The van der Waals surface area contributed by atoms with Crippen LogP contribution in [0.1, 0.15) is 63.4 Å². The minimum atomic E-state index is 0.190. The minimum Gasteiger partial charge on any atom is -0.686 e. The van der Waals surface area contributed by atoms with Crippen molar-refractivity contribution in [1.82, 2.24) is 9.97 Å². The highest BCUT2D eigenvalue weighted by Gasteiger charge is 2.42. The Morgan fingerprint density at radius 1 is 1.58 bits per heavy atom. The van der Waals surface area contributed by atoms with E-state index in [9.17, 15) is 0 Å². The van der Waals surface area contributed by atoms with E-state index in [1.54, 1.807) is 0 Å². The summed E-state index contributed by atoms with van der Waals surface area (Å²) in [6, 6.07) is 0. The second-order valence-electron chi connectivity index (χ2n) is 6.63. The molecule has 1 aromatic rings. The van der Waals surface area contributed by atoms with Crippen LogP contribution in [0.4, 0.5) is 0 Å². The summed E-state index contributed by atoms with van der Waals surface area (Å²) in [5.41, 5.74) is 1.84. The van der Waals surface area contributed by atoms with Gasteiger partial charge in [-0.05, 0) is 18.8 Å². The van der Waals surface area contributed by atoms with Gasteiger partial charge in [-0.3, -0.25) is 5.54 Å². The fraction of sp³-hybridized carbons (Fsp3) is 0.750. The van der Waals surface area contributed by atoms with Gasteiger partial charge in [0.05, 0.1) is 0 Å². The molecule has 3 heteroatoms. The van der Waals surface area contributed by atoms with Crippen molar-refractivity contribution in [2.24, 2.45) is 5.41 Å². The number of aromatic amines is 1. The summed E-state index contributed by atoms with van der Waals surface area (Å²) < 4.78 is 0. The minimum absolute atomic E-state index is 0.190. The number of H-pyrrole nitrogens is 1. The first kappa shape index (κ1) is 13.2. The maximum atomic E-state index is 4.63. The van der Waals surface area contributed by atoms with E-state index in [-0.39, 0.29) is 5.54 Å². The number of imidazole rings is 1. The Morgan fingerprint density at radius 2 is 2.37 bits per heavy atom. The SMILES string of the molecule is CCCc1ncc(C2CCCC3([N-]C)[CH-]C2(C)C3)[nH]1. The zero-order chi connectivity index (χ0) is 13.5. The second kappa shape index (κ2) is 4.62. The fourth-order valence-corrected chi connectivity index (χ4v) is 4.26. The van der Waals surface area contributed by atoms with Gasteiger partial charge in [-0.25, -0.2) is 4.98 Å². The molecule has 3 unspecified atom stereocenters. The zero-order valence-electron chi connectivity index (χ0n) is 12.4. The van der Waals surface area contributed by atoms with Gasteiger partial charge in [-0.1, -0.05) is 26.7 Å². The van der Waals surface area contributed by atoms with Crippen LogP contribution in [-0.2, 0) is 6.42 Å². The van der Waals surface area contributed by atoms with Crippen LogP contribution in [0.3, 0.4) is 0 Å². The van der Waals surface area contributed by atoms with E-state index < -0.39 is 0 Å². The van der Waals surface area contributed by atoms with E-state index in [4.69, 9.17) is 0 Å². The molecule has 3 atom stereocenters.